The number of rotatable bonds is 7. The number of nitro groups is 2. The molecule has 0 aliphatic rings. The number of nitrogens with zero attached hydrogens (tertiary/aromatic N) is 2. The maximum absolute atomic E-state index is 12.3. The van der Waals surface area contributed by atoms with Crippen LogP contribution in [-0.2, 0) is 4.74 Å². The highest BCUT2D eigenvalue weighted by Crippen LogP contribution is 2.29. The van der Waals surface area contributed by atoms with Crippen LogP contribution in [0.3, 0.4) is 0 Å². The van der Waals surface area contributed by atoms with E-state index in [4.69, 9.17) is 4.74 Å². The topological polar surface area (TPSA) is 113 Å². The first kappa shape index (κ1) is 19.5. The van der Waals surface area contributed by atoms with Gasteiger partial charge < -0.3 is 4.74 Å². The molecule has 0 radical (unpaired) electrons. The Morgan fingerprint density at radius 3 is 2.00 bits per heavy atom. The molecule has 1 atom stereocenters. The average molecular weight is 338 g/mol. The van der Waals surface area contributed by atoms with Crippen molar-refractivity contribution in [3.63, 3.8) is 0 Å². The van der Waals surface area contributed by atoms with Crippen molar-refractivity contribution in [1.29, 1.82) is 0 Å². The van der Waals surface area contributed by atoms with Gasteiger partial charge in [0.15, 0.2) is 0 Å². The number of ether oxygens (including phenoxy) is 1. The molecule has 0 aliphatic carbocycles. The van der Waals surface area contributed by atoms with E-state index < -0.39 is 27.2 Å². The monoisotopic (exact) mass is 338 g/mol. The molecule has 0 fully saturated rings. The van der Waals surface area contributed by atoms with E-state index in [1.165, 1.54) is 0 Å². The Morgan fingerprint density at radius 1 is 1.12 bits per heavy atom. The molecule has 0 aromatic heterocycles. The molecule has 132 valence electrons. The van der Waals surface area contributed by atoms with Crippen LogP contribution >= 0.6 is 0 Å². The standard InChI is InChI=1S/C16H22N2O6/c1-5-6-7-14(16(2,3)4)24-15(19)11-8-12(17(20)21)10-13(9-11)18(22)23/h8-10,14H,5-7H2,1-4H3. The van der Waals surface area contributed by atoms with Crippen LogP contribution in [0.15, 0.2) is 18.2 Å². The summed E-state index contributed by atoms with van der Waals surface area (Å²) in [5.74, 6) is -0.794. The summed E-state index contributed by atoms with van der Waals surface area (Å²) in [4.78, 5) is 32.6. The smallest absolute Gasteiger partial charge is 0.338 e. The fraction of sp³-hybridized carbons (Fsp3) is 0.562. The quantitative estimate of drug-likeness (QED) is 0.417. The van der Waals surface area contributed by atoms with Gasteiger partial charge in [0, 0.05) is 12.1 Å². The molecule has 0 N–H and O–H groups in total. The molecule has 0 bridgehead atoms. The first-order valence-corrected chi connectivity index (χ1v) is 7.71. The van der Waals surface area contributed by atoms with Crippen molar-refractivity contribution in [3.05, 3.63) is 44.0 Å². The maximum atomic E-state index is 12.3. The molecule has 1 aromatic rings. The molecule has 8 nitrogen and oxygen atoms in total. The number of hydrogen-bond donors (Lipinski definition) is 0. The second kappa shape index (κ2) is 7.85. The van der Waals surface area contributed by atoms with Gasteiger partial charge in [-0.25, -0.2) is 4.79 Å². The summed E-state index contributed by atoms with van der Waals surface area (Å²) < 4.78 is 5.49. The molecule has 0 spiro atoms. The number of esters is 1. The SMILES string of the molecule is CCCCC(OC(=O)c1cc([N+](=O)[O-])cc([N+](=O)[O-])c1)C(C)(C)C. The van der Waals surface area contributed by atoms with Crippen molar-refractivity contribution in [1.82, 2.24) is 0 Å². The van der Waals surface area contributed by atoms with Crippen molar-refractivity contribution in [2.24, 2.45) is 5.41 Å². The Balaban J connectivity index is 3.12. The van der Waals surface area contributed by atoms with Gasteiger partial charge in [-0.15, -0.1) is 0 Å². The first-order chi connectivity index (χ1) is 11.1. The van der Waals surface area contributed by atoms with Crippen LogP contribution in [0.25, 0.3) is 0 Å². The summed E-state index contributed by atoms with van der Waals surface area (Å²) in [6.45, 7) is 7.80. The summed E-state index contributed by atoms with van der Waals surface area (Å²) in [6, 6.07) is 2.80. The van der Waals surface area contributed by atoms with E-state index >= 15 is 0 Å². The highest BCUT2D eigenvalue weighted by atomic mass is 16.6. The lowest BCUT2D eigenvalue weighted by atomic mass is 9.86. The molecule has 0 aliphatic heterocycles. The van der Waals surface area contributed by atoms with Gasteiger partial charge in [0.25, 0.3) is 11.4 Å². The summed E-state index contributed by atoms with van der Waals surface area (Å²) in [5, 5.41) is 21.8. The van der Waals surface area contributed by atoms with Crippen molar-refractivity contribution >= 4 is 17.3 Å². The van der Waals surface area contributed by atoms with E-state index in [0.717, 1.165) is 31.0 Å². The van der Waals surface area contributed by atoms with E-state index in [-0.39, 0.29) is 17.1 Å². The van der Waals surface area contributed by atoms with Crippen molar-refractivity contribution in [2.75, 3.05) is 0 Å². The Morgan fingerprint density at radius 2 is 1.62 bits per heavy atom. The van der Waals surface area contributed by atoms with E-state index in [0.29, 0.717) is 6.42 Å². The zero-order valence-corrected chi connectivity index (χ0v) is 14.3. The summed E-state index contributed by atoms with van der Waals surface area (Å²) in [7, 11) is 0. The molecule has 0 saturated carbocycles. The lowest BCUT2D eigenvalue weighted by Gasteiger charge is -2.30. The maximum Gasteiger partial charge on any atom is 0.338 e. The second-order valence-corrected chi connectivity index (χ2v) is 6.65. The predicted octanol–water partition coefficient (Wildman–Crippen LogP) is 4.26. The zero-order valence-electron chi connectivity index (χ0n) is 14.3. The minimum atomic E-state index is -0.794. The Kier molecular flexibility index (Phi) is 6.39. The molecule has 1 aromatic carbocycles. The van der Waals surface area contributed by atoms with Gasteiger partial charge in [0.1, 0.15) is 6.10 Å². The normalized spacial score (nSPS) is 12.5. The fourth-order valence-corrected chi connectivity index (χ4v) is 2.18. The van der Waals surface area contributed by atoms with Gasteiger partial charge in [-0.05, 0) is 11.8 Å². The molecule has 8 heteroatoms. The summed E-state index contributed by atoms with van der Waals surface area (Å²) >= 11 is 0. The highest BCUT2D eigenvalue weighted by molar-refractivity contribution is 5.91. The largest absolute Gasteiger partial charge is 0.458 e. The second-order valence-electron chi connectivity index (χ2n) is 6.65. The number of non-ortho nitro benzene ring substituents is 2. The molecular weight excluding hydrogens is 316 g/mol. The number of carbonyl (C=O) groups excluding carboxylic acids is 1. The third kappa shape index (κ3) is 5.29. The van der Waals surface area contributed by atoms with Crippen molar-refractivity contribution < 1.29 is 19.4 Å². The van der Waals surface area contributed by atoms with Crippen LogP contribution in [0.2, 0.25) is 0 Å². The van der Waals surface area contributed by atoms with Crippen molar-refractivity contribution in [2.45, 2.75) is 53.1 Å². The van der Waals surface area contributed by atoms with E-state index in [2.05, 4.69) is 0 Å². The van der Waals surface area contributed by atoms with Gasteiger partial charge in [-0.1, -0.05) is 40.5 Å². The molecule has 24 heavy (non-hydrogen) atoms. The van der Waals surface area contributed by atoms with Crippen LogP contribution in [0.1, 0.15) is 57.3 Å². The Bertz CT molecular complexity index is 604. The van der Waals surface area contributed by atoms with E-state index in [1.807, 2.05) is 27.7 Å². The minimum absolute atomic E-state index is 0.193. The van der Waals surface area contributed by atoms with E-state index in [1.54, 1.807) is 0 Å². The van der Waals surface area contributed by atoms with Gasteiger partial charge in [-0.2, -0.15) is 0 Å². The van der Waals surface area contributed by atoms with Crippen LogP contribution < -0.4 is 0 Å². The number of nitro benzene ring substituents is 2. The van der Waals surface area contributed by atoms with Crippen LogP contribution in [0.5, 0.6) is 0 Å². The lowest BCUT2D eigenvalue weighted by Crippen LogP contribution is -2.31. The van der Waals surface area contributed by atoms with Crippen LogP contribution in [-0.4, -0.2) is 21.9 Å². The Labute approximate surface area is 140 Å². The fourth-order valence-electron chi connectivity index (χ4n) is 2.18. The van der Waals surface area contributed by atoms with Crippen LogP contribution in [0, 0.1) is 25.6 Å². The average Bonchev–Trinajstić information content (AvgIpc) is 2.49. The van der Waals surface area contributed by atoms with Gasteiger partial charge >= 0.3 is 5.97 Å². The molecular formula is C16H22N2O6. The Hall–Kier alpha value is -2.51. The minimum Gasteiger partial charge on any atom is -0.458 e. The molecule has 0 heterocycles. The number of hydrogen-bond acceptors (Lipinski definition) is 6. The molecule has 1 unspecified atom stereocenters. The van der Waals surface area contributed by atoms with Gasteiger partial charge in [-0.3, -0.25) is 20.2 Å². The lowest BCUT2D eigenvalue weighted by molar-refractivity contribution is -0.394. The zero-order chi connectivity index (χ0) is 18.5. The first-order valence-electron chi connectivity index (χ1n) is 7.71. The van der Waals surface area contributed by atoms with Gasteiger partial charge in [0.05, 0.1) is 21.5 Å². The third-order valence-corrected chi connectivity index (χ3v) is 3.59. The van der Waals surface area contributed by atoms with E-state index in [9.17, 15) is 25.0 Å². The summed E-state index contributed by atoms with van der Waals surface area (Å²) in [6.07, 6.45) is 2.07. The molecule has 0 saturated heterocycles. The predicted molar refractivity (Wildman–Crippen MR) is 87.9 cm³/mol. The molecule has 0 amide bonds. The molecule has 1 rings (SSSR count). The summed E-state index contributed by atoms with van der Waals surface area (Å²) in [5.41, 5.74) is -1.53. The number of benzene rings is 1. The number of unbranched alkanes of at least 4 members (excludes halogenated alkanes) is 1. The van der Waals surface area contributed by atoms with Crippen LogP contribution in [0.4, 0.5) is 11.4 Å². The third-order valence-electron chi connectivity index (χ3n) is 3.59. The van der Waals surface area contributed by atoms with Crippen molar-refractivity contribution in [3.8, 4) is 0 Å². The van der Waals surface area contributed by atoms with Gasteiger partial charge in [0.2, 0.25) is 0 Å². The number of carbonyl (C=O) groups is 1. The highest BCUT2D eigenvalue weighted by Gasteiger charge is 2.29.